The van der Waals surface area contributed by atoms with E-state index in [0.717, 1.165) is 64.5 Å². The van der Waals surface area contributed by atoms with Crippen LogP contribution in [0.4, 0.5) is 92.8 Å². The summed E-state index contributed by atoms with van der Waals surface area (Å²) in [6, 6.07) is 25.2. The van der Waals surface area contributed by atoms with Crippen LogP contribution in [0.2, 0.25) is 0 Å². The smallest absolute Gasteiger partial charge is 0.453 e. The van der Waals surface area contributed by atoms with Gasteiger partial charge in [0.1, 0.15) is 34.6 Å². The zero-order chi connectivity index (χ0) is 78.1. The van der Waals surface area contributed by atoms with Crippen LogP contribution >= 0.6 is 0 Å². The molecule has 1 saturated heterocycles. The van der Waals surface area contributed by atoms with Crippen LogP contribution in [0.15, 0.2) is 133 Å². The molecule has 12 rings (SSSR count). The van der Waals surface area contributed by atoms with Crippen molar-refractivity contribution in [3.05, 3.63) is 167 Å². The summed E-state index contributed by atoms with van der Waals surface area (Å²) in [5.41, 5.74) is 1.10. The topological polar surface area (TPSA) is 211 Å². The standard InChI is InChI=1S/C24H27F3N2O5.C24H25F3N2O3.C15H25NO5.C14H10F3NO/c1-13-5-7-15-19(9-13)33-20-10-14(24(25,26)27)6-8-16(20)29(15)17-11-28(12-18(30)21(17)31)22(32)34-23(2,3)4;1-15-7-9-18-20(12-15)31-21-13-16(24(25,26)27)8-10-19(21)29(18)17-6-5-11-28(14-17)22(30)32-23(2,3)4;1-14(2,3)20-12(17)16-9-7-8-11(10-16)19-13(18)21-15(4,5)6;1-8-2-4-10-12(6-8)19-13-7-9(14(15,16)17)3-5-11(13)18-10/h5-10,17-18,21,30-31H,11-12H2,1-4H3;5-10,12-13,17H,11,14H2,1-4H3;7-8,11H,9-10H2,1-6H3;2-7,18H,1H3/t17-,18-,21+;17-;;/m01../s1. The molecule has 20 nitrogen and oxygen atoms in total. The molecule has 6 heterocycles. The van der Waals surface area contributed by atoms with E-state index in [4.69, 9.17) is 37.9 Å². The number of fused-ring (bicyclic) bond motifs is 6. The van der Waals surface area contributed by atoms with E-state index >= 15 is 0 Å². The number of amides is 3. The number of aliphatic hydroxyl groups is 2. The van der Waals surface area contributed by atoms with Gasteiger partial charge in [-0.3, -0.25) is 0 Å². The zero-order valence-corrected chi connectivity index (χ0v) is 61.3. The third-order valence-corrected chi connectivity index (χ3v) is 16.2. The second kappa shape index (κ2) is 30.8. The lowest BCUT2D eigenvalue weighted by Gasteiger charge is -2.46. The maximum Gasteiger partial charge on any atom is 0.509 e. The van der Waals surface area contributed by atoms with E-state index in [1.165, 1.54) is 28.0 Å². The van der Waals surface area contributed by atoms with Gasteiger partial charge in [0.05, 0.1) is 82.1 Å². The van der Waals surface area contributed by atoms with Crippen LogP contribution in [-0.4, -0.2) is 141 Å². The average molecular weight is 1490 g/mol. The minimum absolute atomic E-state index is 0.0269. The van der Waals surface area contributed by atoms with E-state index in [1.807, 2.05) is 68.2 Å². The van der Waals surface area contributed by atoms with Gasteiger partial charge in [0.15, 0.2) is 34.5 Å². The molecule has 6 aromatic rings. The van der Waals surface area contributed by atoms with Gasteiger partial charge < -0.3 is 77.9 Å². The van der Waals surface area contributed by atoms with Gasteiger partial charge in [-0.1, -0.05) is 36.4 Å². The number of aliphatic hydroxyl groups excluding tert-OH is 2. The third-order valence-electron chi connectivity index (χ3n) is 16.2. The van der Waals surface area contributed by atoms with Crippen molar-refractivity contribution in [1.29, 1.82) is 0 Å². The number of hydrogen-bond acceptors (Lipinski definition) is 17. The Bertz CT molecular complexity index is 4290. The third kappa shape index (κ3) is 20.7. The van der Waals surface area contributed by atoms with Crippen molar-refractivity contribution in [3.8, 4) is 34.5 Å². The lowest BCUT2D eigenvalue weighted by Crippen LogP contribution is -2.62. The Morgan fingerprint density at radius 2 is 0.783 bits per heavy atom. The number of hydrogen-bond donors (Lipinski definition) is 3. The van der Waals surface area contributed by atoms with Gasteiger partial charge in [-0.15, -0.1) is 0 Å². The van der Waals surface area contributed by atoms with Crippen molar-refractivity contribution < 1.29 is 107 Å². The number of benzene rings is 6. The quantitative estimate of drug-likeness (QED) is 0.0650. The summed E-state index contributed by atoms with van der Waals surface area (Å²) >= 11 is 0. The Balaban J connectivity index is 0.000000168. The van der Waals surface area contributed by atoms with E-state index in [0.29, 0.717) is 53.9 Å². The number of nitrogens with one attached hydrogen (secondary N) is 1. The summed E-state index contributed by atoms with van der Waals surface area (Å²) < 4.78 is 162. The highest BCUT2D eigenvalue weighted by atomic mass is 19.4. The largest absolute Gasteiger partial charge is 0.509 e. The molecular formula is C77H87F9N6O14. The SMILES string of the molecule is CC(C)(C)OC(=O)OC1C=CCN(C(=O)OC(C)(C)C)C1.Cc1ccc2c(c1)Oc1cc(C(F)(F)F)ccc1N2.Cc1ccc2c(c1)Oc1cc(C(F)(F)F)ccc1N2[C@@H]1C=CCN(C(=O)OC(C)(C)C)C1.Cc1ccc2c(c1)Oc1cc(C(F)(F)F)ccc1N2[C@H]1CN(C(=O)OC(C)(C)C)C[C@H](O)[C@@H]1O. The number of nitrogens with zero attached hydrogens (tertiary/aromatic N) is 5. The van der Waals surface area contributed by atoms with Crippen molar-refractivity contribution in [2.45, 2.75) is 175 Å². The second-order valence-corrected chi connectivity index (χ2v) is 30.0. The molecule has 3 amide bonds. The van der Waals surface area contributed by atoms with Gasteiger partial charge in [0, 0.05) is 26.2 Å². The zero-order valence-electron chi connectivity index (χ0n) is 61.3. The Morgan fingerprint density at radius 3 is 1.25 bits per heavy atom. The van der Waals surface area contributed by atoms with E-state index in [2.05, 4.69) is 5.32 Å². The van der Waals surface area contributed by atoms with Crippen molar-refractivity contribution in [2.75, 3.05) is 54.4 Å². The van der Waals surface area contributed by atoms with E-state index in [1.54, 1.807) is 129 Å². The molecule has 6 aliphatic heterocycles. The van der Waals surface area contributed by atoms with E-state index < -0.39 is 106 Å². The maximum absolute atomic E-state index is 13.4. The Hall–Kier alpha value is -10.0. The second-order valence-electron chi connectivity index (χ2n) is 30.0. The predicted molar refractivity (Wildman–Crippen MR) is 378 cm³/mol. The summed E-state index contributed by atoms with van der Waals surface area (Å²) in [4.78, 5) is 56.9. The molecule has 1 fully saturated rings. The van der Waals surface area contributed by atoms with Crippen molar-refractivity contribution in [3.63, 3.8) is 0 Å². The molecule has 0 spiro atoms. The number of halogens is 9. The fourth-order valence-electron chi connectivity index (χ4n) is 11.6. The highest BCUT2D eigenvalue weighted by molar-refractivity contribution is 5.82. The number of alkyl halides is 9. The Kier molecular flexibility index (Phi) is 23.3. The molecular weight excluding hydrogens is 1400 g/mol. The molecule has 5 atom stereocenters. The molecule has 29 heteroatoms. The lowest BCUT2D eigenvalue weighted by atomic mass is 9.95. The van der Waals surface area contributed by atoms with Gasteiger partial charge in [-0.25, -0.2) is 19.2 Å². The van der Waals surface area contributed by atoms with Gasteiger partial charge in [0.2, 0.25) is 0 Å². The Labute approximate surface area is 608 Å². The van der Waals surface area contributed by atoms with Crippen LogP contribution < -0.4 is 29.3 Å². The van der Waals surface area contributed by atoms with Crippen LogP contribution in [0.3, 0.4) is 0 Å². The molecule has 6 aromatic carbocycles. The van der Waals surface area contributed by atoms with Gasteiger partial charge in [-0.05, 0) is 218 Å². The summed E-state index contributed by atoms with van der Waals surface area (Å²) in [5.74, 6) is 1.59. The number of carbonyl (C=O) groups excluding carboxylic acids is 4. The van der Waals surface area contributed by atoms with Crippen LogP contribution in [-0.2, 0) is 42.2 Å². The highest BCUT2D eigenvalue weighted by Crippen LogP contribution is 2.53. The highest BCUT2D eigenvalue weighted by Gasteiger charge is 2.46. The molecule has 106 heavy (non-hydrogen) atoms. The number of rotatable bonds is 3. The van der Waals surface area contributed by atoms with Crippen LogP contribution in [0, 0.1) is 20.8 Å². The van der Waals surface area contributed by atoms with Gasteiger partial charge >= 0.3 is 43.0 Å². The molecule has 3 N–H and O–H groups in total. The average Bonchev–Trinajstić information content (AvgIpc) is 0.748. The lowest BCUT2D eigenvalue weighted by molar-refractivity contribution is -0.138. The van der Waals surface area contributed by atoms with Crippen molar-refractivity contribution in [2.24, 2.45) is 0 Å². The number of piperidine rings is 1. The number of β-amino-alcohol motifs (C(OH)–C–C–N with tert-alkyl or cyclic N) is 1. The minimum Gasteiger partial charge on any atom is -0.453 e. The monoisotopic (exact) mass is 1490 g/mol. The number of anilines is 6. The fraction of sp³-hybridized carbons (Fsp3) is 0.429. The first-order valence-electron chi connectivity index (χ1n) is 33.9. The van der Waals surface area contributed by atoms with Gasteiger partial charge in [0.25, 0.3) is 0 Å². The maximum atomic E-state index is 13.4. The normalized spacial score (nSPS) is 18.8. The summed E-state index contributed by atoms with van der Waals surface area (Å²) in [6.45, 7) is 28.1. The molecule has 0 saturated carbocycles. The van der Waals surface area contributed by atoms with Crippen molar-refractivity contribution >= 4 is 58.6 Å². The molecule has 1 unspecified atom stereocenters. The summed E-state index contributed by atoms with van der Waals surface area (Å²) in [6.07, 6.45) is -11.5. The predicted octanol–water partition coefficient (Wildman–Crippen LogP) is 19.0. The first-order valence-corrected chi connectivity index (χ1v) is 33.9. The number of aryl methyl sites for hydroxylation is 3. The molecule has 0 aromatic heterocycles. The molecule has 0 aliphatic carbocycles. The van der Waals surface area contributed by atoms with Crippen LogP contribution in [0.1, 0.15) is 116 Å². The molecule has 0 radical (unpaired) electrons. The van der Waals surface area contributed by atoms with Crippen molar-refractivity contribution in [1.82, 2.24) is 14.7 Å². The van der Waals surface area contributed by atoms with Crippen LogP contribution in [0.5, 0.6) is 34.5 Å². The number of likely N-dealkylation sites (tertiary alicyclic amines) is 1. The number of ether oxygens (including phenoxy) is 8. The first kappa shape index (κ1) is 80.1. The summed E-state index contributed by atoms with van der Waals surface area (Å²) in [5, 5.41) is 24.6. The molecule has 6 aliphatic rings. The minimum atomic E-state index is -4.57. The van der Waals surface area contributed by atoms with Gasteiger partial charge in [-0.2, -0.15) is 39.5 Å². The van der Waals surface area contributed by atoms with E-state index in [-0.39, 0.29) is 48.6 Å². The Morgan fingerprint density at radius 1 is 0.425 bits per heavy atom. The van der Waals surface area contributed by atoms with Crippen LogP contribution in [0.25, 0.3) is 0 Å². The first-order chi connectivity index (χ1) is 49.1. The van der Waals surface area contributed by atoms with E-state index in [9.17, 15) is 68.9 Å². The fourth-order valence-corrected chi connectivity index (χ4v) is 11.6. The molecule has 0 bridgehead atoms. The molecule has 572 valence electrons. The number of carbonyl (C=O) groups is 4. The summed E-state index contributed by atoms with van der Waals surface area (Å²) in [7, 11) is 0.